The van der Waals surface area contributed by atoms with Gasteiger partial charge in [-0.25, -0.2) is 9.18 Å². The van der Waals surface area contributed by atoms with Gasteiger partial charge in [-0.3, -0.25) is 4.90 Å². The van der Waals surface area contributed by atoms with Crippen LogP contribution in [0.4, 0.5) is 20.6 Å². The maximum atomic E-state index is 14.1. The quantitative estimate of drug-likeness (QED) is 0.619. The fourth-order valence-electron chi connectivity index (χ4n) is 3.77. The van der Waals surface area contributed by atoms with Crippen molar-refractivity contribution in [1.82, 2.24) is 4.90 Å². The molecule has 6 heteroatoms. The zero-order chi connectivity index (χ0) is 21.5. The Morgan fingerprint density at radius 3 is 2.33 bits per heavy atom. The molecule has 1 saturated heterocycles. The molecule has 0 atom stereocenters. The van der Waals surface area contributed by atoms with E-state index >= 15 is 0 Å². The monoisotopic (exact) mass is 413 g/mol. The Balaban J connectivity index is 1.62. The fourth-order valence-corrected chi connectivity index (χ4v) is 3.77. The number of carbonyl (C=O) groups is 1. The summed E-state index contributed by atoms with van der Waals surface area (Å²) in [5.74, 6) is 0.258. The molecular formula is C24H32FN3O2. The second-order valence-electron chi connectivity index (χ2n) is 7.66. The molecule has 2 amide bonds. The molecule has 0 saturated carbocycles. The van der Waals surface area contributed by atoms with Gasteiger partial charge in [-0.05, 0) is 56.9 Å². The molecule has 5 nitrogen and oxygen atoms in total. The lowest BCUT2D eigenvalue weighted by Crippen LogP contribution is -2.41. The molecule has 1 aliphatic rings. The summed E-state index contributed by atoms with van der Waals surface area (Å²) in [5.41, 5.74) is 2.68. The van der Waals surface area contributed by atoms with Crippen LogP contribution >= 0.6 is 0 Å². The second kappa shape index (κ2) is 10.3. The standard InChI is InChI=1S/C24H32FN3O2/c1-4-27(5-2)24(29)26(3)21-11-9-19(10-12-21)18-30-23-16-20(25)15-22(17-23)28-13-7-6-8-14-28/h9-12,15-17H,4-8,13-14,18H2,1-3H3. The van der Waals surface area contributed by atoms with E-state index in [9.17, 15) is 9.18 Å². The Bertz CT molecular complexity index is 831. The Morgan fingerprint density at radius 2 is 1.70 bits per heavy atom. The summed E-state index contributed by atoms with van der Waals surface area (Å²) < 4.78 is 20.0. The molecule has 0 spiro atoms. The highest BCUT2D eigenvalue weighted by atomic mass is 19.1. The molecule has 2 aromatic carbocycles. The predicted molar refractivity (Wildman–Crippen MR) is 120 cm³/mol. The first-order chi connectivity index (χ1) is 14.5. The minimum atomic E-state index is -0.278. The number of amides is 2. The van der Waals surface area contributed by atoms with Crippen LogP contribution in [0.15, 0.2) is 42.5 Å². The van der Waals surface area contributed by atoms with Crippen LogP contribution in [-0.2, 0) is 6.61 Å². The number of piperidine rings is 1. The number of anilines is 2. The first-order valence-electron chi connectivity index (χ1n) is 10.8. The zero-order valence-corrected chi connectivity index (χ0v) is 18.2. The van der Waals surface area contributed by atoms with Crippen molar-refractivity contribution >= 4 is 17.4 Å². The van der Waals surface area contributed by atoms with Gasteiger partial charge in [0.2, 0.25) is 0 Å². The Kier molecular flexibility index (Phi) is 7.55. The molecule has 3 rings (SSSR count). The minimum Gasteiger partial charge on any atom is -0.489 e. The third kappa shape index (κ3) is 5.43. The molecule has 162 valence electrons. The van der Waals surface area contributed by atoms with Gasteiger partial charge < -0.3 is 14.5 Å². The molecule has 0 aliphatic carbocycles. The van der Waals surface area contributed by atoms with Crippen molar-refractivity contribution in [2.24, 2.45) is 0 Å². The van der Waals surface area contributed by atoms with Crippen LogP contribution in [0.5, 0.6) is 5.75 Å². The van der Waals surface area contributed by atoms with E-state index in [0.717, 1.165) is 42.9 Å². The molecule has 0 aromatic heterocycles. The first kappa shape index (κ1) is 21.9. The number of urea groups is 1. The van der Waals surface area contributed by atoms with Crippen molar-refractivity contribution in [3.8, 4) is 5.75 Å². The second-order valence-corrected chi connectivity index (χ2v) is 7.66. The number of hydrogen-bond donors (Lipinski definition) is 0. The smallest absolute Gasteiger partial charge is 0.324 e. The van der Waals surface area contributed by atoms with E-state index in [0.29, 0.717) is 25.4 Å². The Hall–Kier alpha value is -2.76. The SMILES string of the molecule is CCN(CC)C(=O)N(C)c1ccc(COc2cc(F)cc(N3CCCCC3)c2)cc1. The van der Waals surface area contributed by atoms with E-state index < -0.39 is 0 Å². The van der Waals surface area contributed by atoms with Gasteiger partial charge in [0.05, 0.1) is 0 Å². The van der Waals surface area contributed by atoms with Crippen LogP contribution in [0.3, 0.4) is 0 Å². The molecule has 1 heterocycles. The molecule has 1 fully saturated rings. The van der Waals surface area contributed by atoms with Gasteiger partial charge in [-0.2, -0.15) is 0 Å². The maximum absolute atomic E-state index is 14.1. The molecule has 1 aliphatic heterocycles. The molecule has 0 radical (unpaired) electrons. The van der Waals surface area contributed by atoms with Crippen molar-refractivity contribution in [3.05, 3.63) is 53.8 Å². The number of rotatable bonds is 7. The summed E-state index contributed by atoms with van der Waals surface area (Å²) in [5, 5.41) is 0. The summed E-state index contributed by atoms with van der Waals surface area (Å²) in [6, 6.07) is 12.6. The lowest BCUT2D eigenvalue weighted by atomic mass is 10.1. The van der Waals surface area contributed by atoms with Crippen LogP contribution in [0.2, 0.25) is 0 Å². The topological polar surface area (TPSA) is 36.0 Å². The van der Waals surface area contributed by atoms with Crippen LogP contribution in [-0.4, -0.2) is 44.2 Å². The highest BCUT2D eigenvalue weighted by Crippen LogP contribution is 2.27. The zero-order valence-electron chi connectivity index (χ0n) is 18.2. The van der Waals surface area contributed by atoms with Crippen molar-refractivity contribution in [3.63, 3.8) is 0 Å². The summed E-state index contributed by atoms with van der Waals surface area (Å²) >= 11 is 0. The van der Waals surface area contributed by atoms with Gasteiger partial charge in [-0.15, -0.1) is 0 Å². The average molecular weight is 414 g/mol. The van der Waals surface area contributed by atoms with Gasteiger partial charge >= 0.3 is 6.03 Å². The third-order valence-electron chi connectivity index (χ3n) is 5.63. The van der Waals surface area contributed by atoms with Gasteiger partial charge in [0.15, 0.2) is 0 Å². The van der Waals surface area contributed by atoms with Gasteiger partial charge in [0.25, 0.3) is 0 Å². The Morgan fingerprint density at radius 1 is 1.03 bits per heavy atom. The van der Waals surface area contributed by atoms with E-state index in [1.807, 2.05) is 44.2 Å². The summed E-state index contributed by atoms with van der Waals surface area (Å²) in [6.45, 7) is 7.57. The van der Waals surface area contributed by atoms with E-state index in [-0.39, 0.29) is 11.8 Å². The van der Waals surface area contributed by atoms with Crippen LogP contribution in [0.1, 0.15) is 38.7 Å². The first-order valence-corrected chi connectivity index (χ1v) is 10.8. The number of hydrogen-bond acceptors (Lipinski definition) is 3. The number of nitrogens with zero attached hydrogens (tertiary/aromatic N) is 3. The molecule has 0 unspecified atom stereocenters. The average Bonchev–Trinajstić information content (AvgIpc) is 2.78. The van der Waals surface area contributed by atoms with E-state index in [1.165, 1.54) is 12.5 Å². The fraction of sp³-hybridized carbons (Fsp3) is 0.458. The number of ether oxygens (including phenoxy) is 1. The minimum absolute atomic E-state index is 0.0194. The molecule has 2 aromatic rings. The van der Waals surface area contributed by atoms with Gasteiger partial charge in [0, 0.05) is 56.7 Å². The highest BCUT2D eigenvalue weighted by Gasteiger charge is 2.16. The number of carbonyl (C=O) groups excluding carboxylic acids is 1. The number of benzene rings is 2. The summed E-state index contributed by atoms with van der Waals surface area (Å²) in [6.07, 6.45) is 3.52. The van der Waals surface area contributed by atoms with Crippen molar-refractivity contribution in [1.29, 1.82) is 0 Å². The van der Waals surface area contributed by atoms with Crippen LogP contribution < -0.4 is 14.5 Å². The number of halogens is 1. The third-order valence-corrected chi connectivity index (χ3v) is 5.63. The normalized spacial score (nSPS) is 13.8. The Labute approximate surface area is 179 Å². The van der Waals surface area contributed by atoms with Crippen LogP contribution in [0.25, 0.3) is 0 Å². The van der Waals surface area contributed by atoms with Crippen molar-refractivity contribution < 1.29 is 13.9 Å². The van der Waals surface area contributed by atoms with Gasteiger partial charge in [0.1, 0.15) is 18.2 Å². The van der Waals surface area contributed by atoms with Gasteiger partial charge in [-0.1, -0.05) is 12.1 Å². The largest absolute Gasteiger partial charge is 0.489 e. The van der Waals surface area contributed by atoms with E-state index in [4.69, 9.17) is 4.74 Å². The van der Waals surface area contributed by atoms with E-state index in [1.54, 1.807) is 22.9 Å². The molecule has 30 heavy (non-hydrogen) atoms. The summed E-state index contributed by atoms with van der Waals surface area (Å²) in [7, 11) is 1.78. The summed E-state index contributed by atoms with van der Waals surface area (Å²) in [4.78, 5) is 18.1. The lowest BCUT2D eigenvalue weighted by molar-refractivity contribution is 0.211. The molecule has 0 bridgehead atoms. The van der Waals surface area contributed by atoms with Crippen molar-refractivity contribution in [2.75, 3.05) is 43.0 Å². The molecular weight excluding hydrogens is 381 g/mol. The lowest BCUT2D eigenvalue weighted by Gasteiger charge is -2.29. The maximum Gasteiger partial charge on any atom is 0.324 e. The van der Waals surface area contributed by atoms with E-state index in [2.05, 4.69) is 4.90 Å². The predicted octanol–water partition coefficient (Wildman–Crippen LogP) is 5.29. The molecule has 0 N–H and O–H groups in total. The van der Waals surface area contributed by atoms with Crippen molar-refractivity contribution in [2.45, 2.75) is 39.7 Å². The highest BCUT2D eigenvalue weighted by molar-refractivity contribution is 5.91. The van der Waals surface area contributed by atoms with Crippen LogP contribution in [0, 0.1) is 5.82 Å².